The molecule has 2 unspecified atom stereocenters. The van der Waals surface area contributed by atoms with Crippen LogP contribution in [-0.2, 0) is 4.74 Å². The highest BCUT2D eigenvalue weighted by Crippen LogP contribution is 2.45. The van der Waals surface area contributed by atoms with E-state index >= 15 is 0 Å². The summed E-state index contributed by atoms with van der Waals surface area (Å²) in [6, 6.07) is 0. The van der Waals surface area contributed by atoms with E-state index in [1.807, 2.05) is 0 Å². The molecular formula is C14H22O. The standard InChI is InChI=1S/C14H22O/c1-3-9-14(10-4-2)13-8-6-5-7-12(13)11-15-14/h5-8,12-13H,3-4,9-11H2,1-2H3. The summed E-state index contributed by atoms with van der Waals surface area (Å²) in [5.41, 5.74) is 0.148. The Hall–Kier alpha value is -0.560. The molecule has 2 aliphatic rings. The molecule has 1 nitrogen and oxygen atoms in total. The molecule has 1 aliphatic carbocycles. The Balaban J connectivity index is 2.18. The van der Waals surface area contributed by atoms with Crippen molar-refractivity contribution in [2.24, 2.45) is 11.8 Å². The molecule has 0 aromatic carbocycles. The second kappa shape index (κ2) is 4.52. The first-order chi connectivity index (χ1) is 7.32. The van der Waals surface area contributed by atoms with E-state index in [-0.39, 0.29) is 5.60 Å². The van der Waals surface area contributed by atoms with Crippen LogP contribution in [0.4, 0.5) is 0 Å². The molecule has 0 amide bonds. The van der Waals surface area contributed by atoms with E-state index in [1.165, 1.54) is 25.7 Å². The van der Waals surface area contributed by atoms with Crippen molar-refractivity contribution in [3.8, 4) is 0 Å². The van der Waals surface area contributed by atoms with Crippen LogP contribution in [0.15, 0.2) is 24.3 Å². The lowest BCUT2D eigenvalue weighted by atomic mass is 9.74. The molecule has 1 fully saturated rings. The van der Waals surface area contributed by atoms with E-state index in [4.69, 9.17) is 4.74 Å². The van der Waals surface area contributed by atoms with Gasteiger partial charge in [0.15, 0.2) is 0 Å². The smallest absolute Gasteiger partial charge is 0.0751 e. The van der Waals surface area contributed by atoms with Gasteiger partial charge in [0.2, 0.25) is 0 Å². The van der Waals surface area contributed by atoms with Gasteiger partial charge in [-0.15, -0.1) is 0 Å². The zero-order chi connectivity index (χ0) is 10.7. The molecule has 15 heavy (non-hydrogen) atoms. The highest BCUT2D eigenvalue weighted by molar-refractivity contribution is 5.20. The number of rotatable bonds is 4. The number of hydrogen-bond donors (Lipinski definition) is 0. The van der Waals surface area contributed by atoms with Gasteiger partial charge in [0.25, 0.3) is 0 Å². The molecule has 2 atom stereocenters. The van der Waals surface area contributed by atoms with Crippen molar-refractivity contribution < 1.29 is 4.74 Å². The zero-order valence-corrected chi connectivity index (χ0v) is 9.91. The summed E-state index contributed by atoms with van der Waals surface area (Å²) in [5.74, 6) is 1.26. The van der Waals surface area contributed by atoms with Crippen LogP contribution in [-0.4, -0.2) is 12.2 Å². The van der Waals surface area contributed by atoms with Crippen LogP contribution in [0.5, 0.6) is 0 Å². The van der Waals surface area contributed by atoms with Gasteiger partial charge in [-0.1, -0.05) is 51.0 Å². The average Bonchev–Trinajstić information content (AvgIpc) is 2.60. The maximum atomic E-state index is 6.17. The number of allylic oxidation sites excluding steroid dienone is 2. The fraction of sp³-hybridized carbons (Fsp3) is 0.714. The SMILES string of the molecule is CCCC1(CCC)OCC2C=CC=CC21. The van der Waals surface area contributed by atoms with Crippen molar-refractivity contribution in [2.45, 2.75) is 45.1 Å². The van der Waals surface area contributed by atoms with Gasteiger partial charge in [-0.25, -0.2) is 0 Å². The lowest BCUT2D eigenvalue weighted by Gasteiger charge is -2.34. The number of hydrogen-bond acceptors (Lipinski definition) is 1. The first-order valence-electron chi connectivity index (χ1n) is 6.31. The number of fused-ring (bicyclic) bond motifs is 1. The minimum atomic E-state index is 0.148. The molecule has 0 aromatic rings. The van der Waals surface area contributed by atoms with E-state index in [2.05, 4.69) is 38.2 Å². The summed E-state index contributed by atoms with van der Waals surface area (Å²) in [6.07, 6.45) is 13.9. The fourth-order valence-corrected chi connectivity index (χ4v) is 3.19. The molecule has 0 radical (unpaired) electrons. The summed E-state index contributed by atoms with van der Waals surface area (Å²) in [5, 5.41) is 0. The Kier molecular flexibility index (Phi) is 3.30. The monoisotopic (exact) mass is 206 g/mol. The third kappa shape index (κ3) is 1.90. The molecule has 0 bridgehead atoms. The average molecular weight is 206 g/mol. The molecule has 1 saturated heterocycles. The van der Waals surface area contributed by atoms with Crippen LogP contribution >= 0.6 is 0 Å². The Morgan fingerprint density at radius 3 is 2.47 bits per heavy atom. The normalized spacial score (nSPS) is 31.9. The predicted molar refractivity (Wildman–Crippen MR) is 63.8 cm³/mol. The first-order valence-corrected chi connectivity index (χ1v) is 6.31. The molecule has 0 saturated carbocycles. The van der Waals surface area contributed by atoms with Gasteiger partial charge < -0.3 is 4.74 Å². The van der Waals surface area contributed by atoms with Gasteiger partial charge in [-0.2, -0.15) is 0 Å². The summed E-state index contributed by atoms with van der Waals surface area (Å²) in [6.45, 7) is 5.44. The minimum absolute atomic E-state index is 0.148. The molecule has 1 aliphatic heterocycles. The summed E-state index contributed by atoms with van der Waals surface area (Å²) in [4.78, 5) is 0. The van der Waals surface area contributed by atoms with Gasteiger partial charge in [-0.05, 0) is 12.8 Å². The second-order valence-electron chi connectivity index (χ2n) is 4.84. The molecule has 1 heterocycles. The van der Waals surface area contributed by atoms with Crippen LogP contribution in [0, 0.1) is 11.8 Å². The van der Waals surface area contributed by atoms with Crippen LogP contribution in [0.25, 0.3) is 0 Å². The summed E-state index contributed by atoms with van der Waals surface area (Å²) >= 11 is 0. The van der Waals surface area contributed by atoms with E-state index in [1.54, 1.807) is 0 Å². The van der Waals surface area contributed by atoms with E-state index in [9.17, 15) is 0 Å². The third-order valence-electron chi connectivity index (χ3n) is 3.77. The van der Waals surface area contributed by atoms with Crippen molar-refractivity contribution >= 4 is 0 Å². The fourth-order valence-electron chi connectivity index (χ4n) is 3.19. The molecule has 2 rings (SSSR count). The van der Waals surface area contributed by atoms with E-state index < -0.39 is 0 Å². The maximum Gasteiger partial charge on any atom is 0.0751 e. The van der Waals surface area contributed by atoms with Crippen molar-refractivity contribution in [3.05, 3.63) is 24.3 Å². The van der Waals surface area contributed by atoms with Crippen LogP contribution in [0.1, 0.15) is 39.5 Å². The molecule has 84 valence electrons. The van der Waals surface area contributed by atoms with Gasteiger partial charge in [0.05, 0.1) is 12.2 Å². The summed E-state index contributed by atoms with van der Waals surface area (Å²) < 4.78 is 6.17. The Morgan fingerprint density at radius 2 is 1.80 bits per heavy atom. The Morgan fingerprint density at radius 1 is 1.13 bits per heavy atom. The van der Waals surface area contributed by atoms with E-state index in [0.717, 1.165) is 6.61 Å². The quantitative estimate of drug-likeness (QED) is 0.681. The van der Waals surface area contributed by atoms with Crippen LogP contribution < -0.4 is 0 Å². The molecule has 0 N–H and O–H groups in total. The van der Waals surface area contributed by atoms with Crippen molar-refractivity contribution in [3.63, 3.8) is 0 Å². The van der Waals surface area contributed by atoms with Crippen LogP contribution in [0.3, 0.4) is 0 Å². The summed E-state index contributed by atoms with van der Waals surface area (Å²) in [7, 11) is 0. The second-order valence-corrected chi connectivity index (χ2v) is 4.84. The molecule has 0 spiro atoms. The highest BCUT2D eigenvalue weighted by Gasteiger charge is 2.46. The topological polar surface area (TPSA) is 9.23 Å². The molecule has 0 aromatic heterocycles. The first kappa shape index (κ1) is 10.9. The number of ether oxygens (including phenoxy) is 1. The minimum Gasteiger partial charge on any atom is -0.374 e. The predicted octanol–water partition coefficient (Wildman–Crippen LogP) is 3.71. The maximum absolute atomic E-state index is 6.17. The zero-order valence-electron chi connectivity index (χ0n) is 9.91. The van der Waals surface area contributed by atoms with Gasteiger partial charge >= 0.3 is 0 Å². The largest absolute Gasteiger partial charge is 0.374 e. The lowest BCUT2D eigenvalue weighted by Crippen LogP contribution is -2.36. The van der Waals surface area contributed by atoms with Crippen molar-refractivity contribution in [1.82, 2.24) is 0 Å². The van der Waals surface area contributed by atoms with Gasteiger partial charge in [0.1, 0.15) is 0 Å². The van der Waals surface area contributed by atoms with Gasteiger partial charge in [0, 0.05) is 11.8 Å². The van der Waals surface area contributed by atoms with Gasteiger partial charge in [-0.3, -0.25) is 0 Å². The molecule has 1 heteroatoms. The molecular weight excluding hydrogens is 184 g/mol. The van der Waals surface area contributed by atoms with Crippen molar-refractivity contribution in [1.29, 1.82) is 0 Å². The highest BCUT2D eigenvalue weighted by atomic mass is 16.5. The Bertz CT molecular complexity index is 259. The lowest BCUT2D eigenvalue weighted by molar-refractivity contribution is -0.0268. The van der Waals surface area contributed by atoms with Crippen molar-refractivity contribution in [2.75, 3.05) is 6.61 Å². The van der Waals surface area contributed by atoms with E-state index in [0.29, 0.717) is 11.8 Å². The van der Waals surface area contributed by atoms with Crippen LogP contribution in [0.2, 0.25) is 0 Å². The third-order valence-corrected chi connectivity index (χ3v) is 3.77. The Labute approximate surface area is 93.2 Å².